The highest BCUT2D eigenvalue weighted by Gasteiger charge is 2.25. The van der Waals surface area contributed by atoms with E-state index in [0.717, 1.165) is 25.7 Å². The van der Waals surface area contributed by atoms with Crippen LogP contribution in [0.1, 0.15) is 66.9 Å². The molecule has 0 amide bonds. The maximum absolute atomic E-state index is 14.9. The Kier molecular flexibility index (Phi) is 6.87. The van der Waals surface area contributed by atoms with E-state index in [9.17, 15) is 18.0 Å². The minimum atomic E-state index is -0.868. The molecule has 0 saturated heterocycles. The van der Waals surface area contributed by atoms with Crippen molar-refractivity contribution >= 4 is 5.97 Å². The van der Waals surface area contributed by atoms with Crippen molar-refractivity contribution in [2.24, 2.45) is 5.92 Å². The van der Waals surface area contributed by atoms with Gasteiger partial charge in [0.05, 0.1) is 5.56 Å². The largest absolute Gasteiger partial charge is 0.423 e. The average molecular weight is 453 g/mol. The third-order valence-corrected chi connectivity index (χ3v) is 6.62. The summed E-state index contributed by atoms with van der Waals surface area (Å²) in [5, 5.41) is 0. The number of halogens is 3. The van der Waals surface area contributed by atoms with Crippen molar-refractivity contribution in [1.29, 1.82) is 0 Å². The van der Waals surface area contributed by atoms with E-state index in [0.29, 0.717) is 29.0 Å². The van der Waals surface area contributed by atoms with Gasteiger partial charge in [-0.1, -0.05) is 57.0 Å². The van der Waals surface area contributed by atoms with Crippen LogP contribution in [-0.4, -0.2) is 5.97 Å². The van der Waals surface area contributed by atoms with E-state index in [2.05, 4.69) is 6.92 Å². The highest BCUT2D eigenvalue weighted by atomic mass is 19.2. The number of carbonyl (C=O) groups excluding carboxylic acids is 1. The van der Waals surface area contributed by atoms with Crippen LogP contribution in [0.5, 0.6) is 5.75 Å². The molecule has 0 atom stereocenters. The lowest BCUT2D eigenvalue weighted by Crippen LogP contribution is -2.13. The fourth-order valence-electron chi connectivity index (χ4n) is 4.50. The van der Waals surface area contributed by atoms with E-state index >= 15 is 0 Å². The molecule has 0 aromatic heterocycles. The zero-order valence-corrected chi connectivity index (χ0v) is 18.8. The Labute approximate surface area is 192 Å². The highest BCUT2D eigenvalue weighted by molar-refractivity contribution is 5.91. The Hall–Kier alpha value is -3.08. The Morgan fingerprint density at radius 3 is 2.24 bits per heavy atom. The van der Waals surface area contributed by atoms with Gasteiger partial charge in [-0.25, -0.2) is 18.0 Å². The van der Waals surface area contributed by atoms with E-state index in [4.69, 9.17) is 4.74 Å². The first-order valence-corrected chi connectivity index (χ1v) is 11.5. The summed E-state index contributed by atoms with van der Waals surface area (Å²) in [6.07, 6.45) is 4.35. The van der Waals surface area contributed by atoms with Gasteiger partial charge >= 0.3 is 5.97 Å². The molecular weight excluding hydrogens is 425 g/mol. The Balaban J connectivity index is 1.50. The molecule has 2 nitrogen and oxygen atoms in total. The molecule has 33 heavy (non-hydrogen) atoms. The van der Waals surface area contributed by atoms with Crippen molar-refractivity contribution in [3.63, 3.8) is 0 Å². The van der Waals surface area contributed by atoms with Crippen LogP contribution in [0.3, 0.4) is 0 Å². The molecule has 3 aromatic carbocycles. The molecule has 1 fully saturated rings. The lowest BCUT2D eigenvalue weighted by molar-refractivity contribution is 0.0734. The average Bonchev–Trinajstić information content (AvgIpc) is 2.82. The lowest BCUT2D eigenvalue weighted by atomic mass is 9.79. The second kappa shape index (κ2) is 9.82. The van der Waals surface area contributed by atoms with Crippen LogP contribution in [0.25, 0.3) is 11.1 Å². The van der Waals surface area contributed by atoms with Crippen LogP contribution in [0, 0.1) is 23.4 Å². The number of rotatable bonds is 5. The van der Waals surface area contributed by atoms with E-state index in [1.807, 2.05) is 6.92 Å². The van der Waals surface area contributed by atoms with Crippen molar-refractivity contribution in [1.82, 2.24) is 0 Å². The van der Waals surface area contributed by atoms with Gasteiger partial charge in [0.25, 0.3) is 0 Å². The van der Waals surface area contributed by atoms with Crippen LogP contribution < -0.4 is 4.74 Å². The highest BCUT2D eigenvalue weighted by Crippen LogP contribution is 2.38. The van der Waals surface area contributed by atoms with Gasteiger partial charge in [0.15, 0.2) is 11.6 Å². The smallest absolute Gasteiger partial charge is 0.343 e. The van der Waals surface area contributed by atoms with Crippen LogP contribution >= 0.6 is 0 Å². The van der Waals surface area contributed by atoms with E-state index < -0.39 is 23.4 Å². The number of hydrogen-bond acceptors (Lipinski definition) is 2. The molecule has 0 N–H and O–H groups in total. The van der Waals surface area contributed by atoms with Crippen LogP contribution in [0.2, 0.25) is 0 Å². The maximum Gasteiger partial charge on any atom is 0.343 e. The number of hydrogen-bond donors (Lipinski definition) is 0. The first-order chi connectivity index (χ1) is 15.9. The monoisotopic (exact) mass is 452 g/mol. The molecule has 3 aromatic rings. The summed E-state index contributed by atoms with van der Waals surface area (Å²) in [4.78, 5) is 12.4. The first-order valence-electron chi connectivity index (χ1n) is 11.5. The fourth-order valence-corrected chi connectivity index (χ4v) is 4.50. The third-order valence-electron chi connectivity index (χ3n) is 6.62. The van der Waals surface area contributed by atoms with Crippen LogP contribution in [0.15, 0.2) is 54.6 Å². The second-order valence-electron chi connectivity index (χ2n) is 8.86. The standard InChI is InChI=1S/C28H27F3O2/c1-3-18-12-13-22(16-25(18)29)33-28(32)21-10-8-20(9-11-21)24-15-14-23(26(30)27(24)31)19-6-4-17(2)5-7-19/h8-17,19H,3-7H2,1-2H3. The normalized spacial score (nSPS) is 18.2. The Bertz CT molecular complexity index is 1150. The number of esters is 1. The lowest BCUT2D eigenvalue weighted by Gasteiger charge is -2.27. The molecule has 0 aliphatic heterocycles. The summed E-state index contributed by atoms with van der Waals surface area (Å²) < 4.78 is 49.0. The van der Waals surface area contributed by atoms with Gasteiger partial charge in [-0.05, 0) is 66.0 Å². The van der Waals surface area contributed by atoms with Crippen molar-refractivity contribution in [3.8, 4) is 16.9 Å². The number of aryl methyl sites for hydroxylation is 1. The van der Waals surface area contributed by atoms with Crippen molar-refractivity contribution in [2.75, 3.05) is 0 Å². The molecule has 1 aliphatic rings. The molecule has 1 saturated carbocycles. The second-order valence-corrected chi connectivity index (χ2v) is 8.86. The number of benzene rings is 3. The van der Waals surface area contributed by atoms with Crippen LogP contribution in [0.4, 0.5) is 13.2 Å². The van der Waals surface area contributed by atoms with E-state index in [-0.39, 0.29) is 22.8 Å². The Morgan fingerprint density at radius 2 is 1.61 bits per heavy atom. The van der Waals surface area contributed by atoms with E-state index in [1.165, 1.54) is 18.2 Å². The van der Waals surface area contributed by atoms with Gasteiger partial charge in [-0.3, -0.25) is 0 Å². The maximum atomic E-state index is 14.9. The predicted octanol–water partition coefficient (Wildman–Crippen LogP) is 7.85. The molecule has 0 bridgehead atoms. The molecule has 0 radical (unpaired) electrons. The van der Waals surface area contributed by atoms with Gasteiger partial charge in [-0.2, -0.15) is 0 Å². The summed E-state index contributed by atoms with van der Waals surface area (Å²) in [5.41, 5.74) is 1.83. The van der Waals surface area contributed by atoms with Gasteiger partial charge in [0.1, 0.15) is 11.6 Å². The molecular formula is C28H27F3O2. The molecule has 1 aliphatic carbocycles. The first kappa shape index (κ1) is 23.1. The summed E-state index contributed by atoms with van der Waals surface area (Å²) in [7, 11) is 0. The molecule has 0 unspecified atom stereocenters. The van der Waals surface area contributed by atoms with Crippen molar-refractivity contribution in [2.45, 2.75) is 51.9 Å². The topological polar surface area (TPSA) is 26.3 Å². The molecule has 172 valence electrons. The third kappa shape index (κ3) is 4.97. The zero-order chi connectivity index (χ0) is 23.5. The fraction of sp³-hybridized carbons (Fsp3) is 0.321. The van der Waals surface area contributed by atoms with Gasteiger partial charge in [-0.15, -0.1) is 0 Å². The molecule has 0 heterocycles. The minimum absolute atomic E-state index is 0.0538. The Morgan fingerprint density at radius 1 is 0.909 bits per heavy atom. The molecule has 5 heteroatoms. The summed E-state index contributed by atoms with van der Waals surface area (Å²) in [6, 6.07) is 13.7. The van der Waals surface area contributed by atoms with Crippen LogP contribution in [-0.2, 0) is 6.42 Å². The van der Waals surface area contributed by atoms with Gasteiger partial charge in [0, 0.05) is 11.6 Å². The van der Waals surface area contributed by atoms with E-state index in [1.54, 1.807) is 36.4 Å². The summed E-state index contributed by atoms with van der Waals surface area (Å²) in [5.74, 6) is -1.94. The minimum Gasteiger partial charge on any atom is -0.423 e. The summed E-state index contributed by atoms with van der Waals surface area (Å²) >= 11 is 0. The van der Waals surface area contributed by atoms with Gasteiger partial charge < -0.3 is 4.74 Å². The predicted molar refractivity (Wildman–Crippen MR) is 123 cm³/mol. The van der Waals surface area contributed by atoms with Crippen molar-refractivity contribution < 1.29 is 22.7 Å². The molecule has 4 rings (SSSR count). The SMILES string of the molecule is CCc1ccc(OC(=O)c2ccc(-c3ccc(C4CCC(C)CC4)c(F)c3F)cc2)cc1F. The zero-order valence-electron chi connectivity index (χ0n) is 18.8. The summed E-state index contributed by atoms with van der Waals surface area (Å²) in [6.45, 7) is 4.03. The quantitative estimate of drug-likeness (QED) is 0.291. The van der Waals surface area contributed by atoms with Crippen molar-refractivity contribution in [3.05, 3.63) is 88.7 Å². The van der Waals surface area contributed by atoms with Gasteiger partial charge in [0.2, 0.25) is 0 Å². The number of carbonyl (C=O) groups is 1. The molecule has 0 spiro atoms. The number of ether oxygens (including phenoxy) is 1.